The van der Waals surface area contributed by atoms with E-state index < -0.39 is 0 Å². The molecule has 0 saturated carbocycles. The number of benzene rings is 2. The number of aryl methyl sites for hydroxylation is 1. The maximum atomic E-state index is 4.68. The Morgan fingerprint density at radius 3 is 2.15 bits per heavy atom. The average Bonchev–Trinajstić information content (AvgIpc) is 2.61. The van der Waals surface area contributed by atoms with Gasteiger partial charge < -0.3 is 10.2 Å². The van der Waals surface area contributed by atoms with Crippen LogP contribution in [0.4, 0.5) is 23.1 Å². The molecule has 2 aromatic carbocycles. The van der Waals surface area contributed by atoms with Crippen molar-refractivity contribution < 1.29 is 0 Å². The fourth-order valence-electron chi connectivity index (χ4n) is 2.75. The standard InChI is InChI=1S/C22H26N4/c1-16-15-20(26(5)19-9-7-6-8-10-19)25-21(23-16)24-18-13-11-17(12-14-18)22(2,3)4/h6-15H,1-5H3,(H,23,24,25). The topological polar surface area (TPSA) is 41.1 Å². The molecule has 0 atom stereocenters. The lowest BCUT2D eigenvalue weighted by molar-refractivity contribution is 0.590. The minimum atomic E-state index is 0.143. The van der Waals surface area contributed by atoms with Crippen molar-refractivity contribution in [2.24, 2.45) is 0 Å². The summed E-state index contributed by atoms with van der Waals surface area (Å²) in [5.41, 5.74) is 4.44. The molecule has 134 valence electrons. The molecule has 4 nitrogen and oxygen atoms in total. The van der Waals surface area contributed by atoms with E-state index in [0.29, 0.717) is 5.95 Å². The molecule has 0 amide bonds. The van der Waals surface area contributed by atoms with Gasteiger partial charge in [0.2, 0.25) is 5.95 Å². The first-order valence-electron chi connectivity index (χ1n) is 8.85. The second kappa shape index (κ2) is 7.16. The van der Waals surface area contributed by atoms with Crippen LogP contribution in [0, 0.1) is 6.92 Å². The van der Waals surface area contributed by atoms with Gasteiger partial charge in [-0.05, 0) is 42.2 Å². The van der Waals surface area contributed by atoms with E-state index in [0.717, 1.165) is 22.9 Å². The Kier molecular flexibility index (Phi) is 4.94. The van der Waals surface area contributed by atoms with E-state index in [-0.39, 0.29) is 5.41 Å². The molecule has 3 aromatic rings. The molecular weight excluding hydrogens is 320 g/mol. The van der Waals surface area contributed by atoms with Crippen molar-refractivity contribution in [2.75, 3.05) is 17.3 Å². The van der Waals surface area contributed by atoms with Crippen LogP contribution >= 0.6 is 0 Å². The second-order valence-electron chi connectivity index (χ2n) is 7.54. The molecule has 0 spiro atoms. The predicted octanol–water partition coefficient (Wildman–Crippen LogP) is 5.59. The van der Waals surface area contributed by atoms with Gasteiger partial charge in [-0.25, -0.2) is 4.98 Å². The Balaban J connectivity index is 1.84. The number of nitrogens with zero attached hydrogens (tertiary/aromatic N) is 3. The van der Waals surface area contributed by atoms with Gasteiger partial charge in [-0.3, -0.25) is 0 Å². The molecule has 0 unspecified atom stereocenters. The summed E-state index contributed by atoms with van der Waals surface area (Å²) < 4.78 is 0. The van der Waals surface area contributed by atoms with Gasteiger partial charge in [0, 0.05) is 30.2 Å². The van der Waals surface area contributed by atoms with Crippen LogP contribution < -0.4 is 10.2 Å². The largest absolute Gasteiger partial charge is 0.329 e. The SMILES string of the molecule is Cc1cc(N(C)c2ccccc2)nc(Nc2ccc(C(C)(C)C)cc2)n1. The summed E-state index contributed by atoms with van der Waals surface area (Å²) >= 11 is 0. The fraction of sp³-hybridized carbons (Fsp3) is 0.273. The molecule has 3 rings (SSSR count). The Morgan fingerprint density at radius 1 is 0.885 bits per heavy atom. The van der Waals surface area contributed by atoms with E-state index in [2.05, 4.69) is 77.4 Å². The summed E-state index contributed by atoms with van der Waals surface area (Å²) in [6, 6.07) is 20.6. The molecule has 1 N–H and O–H groups in total. The molecule has 0 fully saturated rings. The van der Waals surface area contributed by atoms with Crippen molar-refractivity contribution >= 4 is 23.1 Å². The zero-order valence-electron chi connectivity index (χ0n) is 16.1. The summed E-state index contributed by atoms with van der Waals surface area (Å²) in [7, 11) is 2.01. The number of hydrogen-bond donors (Lipinski definition) is 1. The van der Waals surface area contributed by atoms with E-state index in [1.807, 2.05) is 38.2 Å². The first kappa shape index (κ1) is 17.9. The van der Waals surface area contributed by atoms with E-state index in [9.17, 15) is 0 Å². The molecular formula is C22H26N4. The van der Waals surface area contributed by atoms with Gasteiger partial charge >= 0.3 is 0 Å². The van der Waals surface area contributed by atoms with Gasteiger partial charge in [0.05, 0.1) is 0 Å². The molecule has 4 heteroatoms. The zero-order valence-corrected chi connectivity index (χ0v) is 16.1. The number of rotatable bonds is 4. The summed E-state index contributed by atoms with van der Waals surface area (Å²) in [6.07, 6.45) is 0. The summed E-state index contributed by atoms with van der Waals surface area (Å²) in [4.78, 5) is 11.3. The summed E-state index contributed by atoms with van der Waals surface area (Å²) in [5, 5.41) is 3.32. The molecule has 0 bridgehead atoms. The number of para-hydroxylation sites is 1. The molecule has 1 heterocycles. The van der Waals surface area contributed by atoms with Crippen molar-refractivity contribution in [3.8, 4) is 0 Å². The Hall–Kier alpha value is -2.88. The van der Waals surface area contributed by atoms with E-state index >= 15 is 0 Å². The lowest BCUT2D eigenvalue weighted by Crippen LogP contribution is -2.13. The highest BCUT2D eigenvalue weighted by atomic mass is 15.2. The highest BCUT2D eigenvalue weighted by molar-refractivity contribution is 5.62. The predicted molar refractivity (Wildman–Crippen MR) is 110 cm³/mol. The van der Waals surface area contributed by atoms with Gasteiger partial charge in [0.1, 0.15) is 5.82 Å². The highest BCUT2D eigenvalue weighted by Gasteiger charge is 2.13. The average molecular weight is 346 g/mol. The van der Waals surface area contributed by atoms with Gasteiger partial charge in [0.25, 0.3) is 0 Å². The maximum Gasteiger partial charge on any atom is 0.229 e. The van der Waals surface area contributed by atoms with E-state index in [1.165, 1.54) is 5.56 Å². The minimum absolute atomic E-state index is 0.143. The second-order valence-corrected chi connectivity index (χ2v) is 7.54. The van der Waals surface area contributed by atoms with Crippen molar-refractivity contribution in [3.63, 3.8) is 0 Å². The Bertz CT molecular complexity index is 865. The van der Waals surface area contributed by atoms with E-state index in [4.69, 9.17) is 0 Å². The molecule has 26 heavy (non-hydrogen) atoms. The van der Waals surface area contributed by atoms with Crippen LogP contribution in [-0.4, -0.2) is 17.0 Å². The normalized spacial score (nSPS) is 11.3. The number of anilines is 4. The van der Waals surface area contributed by atoms with Crippen molar-refractivity contribution in [3.05, 3.63) is 71.9 Å². The number of aromatic nitrogens is 2. The van der Waals surface area contributed by atoms with Crippen molar-refractivity contribution in [1.82, 2.24) is 9.97 Å². The number of nitrogens with one attached hydrogen (secondary N) is 1. The quantitative estimate of drug-likeness (QED) is 0.668. The Labute approximate surface area is 155 Å². The first-order chi connectivity index (χ1) is 12.3. The zero-order chi connectivity index (χ0) is 18.7. The Morgan fingerprint density at radius 2 is 1.54 bits per heavy atom. The van der Waals surface area contributed by atoms with Crippen LogP contribution in [0.15, 0.2) is 60.7 Å². The lowest BCUT2D eigenvalue weighted by atomic mass is 9.87. The third-order valence-electron chi connectivity index (χ3n) is 4.33. The molecule has 0 aliphatic heterocycles. The van der Waals surface area contributed by atoms with Crippen LogP contribution in [0.1, 0.15) is 32.0 Å². The van der Waals surface area contributed by atoms with Crippen LogP contribution in [-0.2, 0) is 5.41 Å². The third kappa shape index (κ3) is 4.20. The van der Waals surface area contributed by atoms with Crippen LogP contribution in [0.25, 0.3) is 0 Å². The van der Waals surface area contributed by atoms with Crippen LogP contribution in [0.2, 0.25) is 0 Å². The molecule has 1 aromatic heterocycles. The monoisotopic (exact) mass is 346 g/mol. The smallest absolute Gasteiger partial charge is 0.229 e. The first-order valence-corrected chi connectivity index (χ1v) is 8.85. The highest BCUT2D eigenvalue weighted by Crippen LogP contribution is 2.26. The molecule has 0 radical (unpaired) electrons. The van der Waals surface area contributed by atoms with Gasteiger partial charge in [0.15, 0.2) is 0 Å². The molecule has 0 aliphatic carbocycles. The van der Waals surface area contributed by atoms with Gasteiger partial charge in [-0.15, -0.1) is 0 Å². The van der Waals surface area contributed by atoms with Gasteiger partial charge in [-0.2, -0.15) is 4.98 Å². The van der Waals surface area contributed by atoms with Gasteiger partial charge in [-0.1, -0.05) is 51.1 Å². The van der Waals surface area contributed by atoms with Crippen LogP contribution in [0.5, 0.6) is 0 Å². The van der Waals surface area contributed by atoms with E-state index in [1.54, 1.807) is 0 Å². The summed E-state index contributed by atoms with van der Waals surface area (Å²) in [5.74, 6) is 1.46. The fourth-order valence-corrected chi connectivity index (χ4v) is 2.75. The minimum Gasteiger partial charge on any atom is -0.329 e. The van der Waals surface area contributed by atoms with Crippen molar-refractivity contribution in [2.45, 2.75) is 33.1 Å². The summed E-state index contributed by atoms with van der Waals surface area (Å²) in [6.45, 7) is 8.62. The van der Waals surface area contributed by atoms with Crippen molar-refractivity contribution in [1.29, 1.82) is 0 Å². The lowest BCUT2D eigenvalue weighted by Gasteiger charge is -2.20. The molecule has 0 saturated heterocycles. The molecule has 0 aliphatic rings. The maximum absolute atomic E-state index is 4.68. The third-order valence-corrected chi connectivity index (χ3v) is 4.33. The number of hydrogen-bond acceptors (Lipinski definition) is 4. The van der Waals surface area contributed by atoms with Crippen LogP contribution in [0.3, 0.4) is 0 Å².